The highest BCUT2D eigenvalue weighted by atomic mass is 79.9. The molecular formula is C13H17BrO3. The van der Waals surface area contributed by atoms with Crippen molar-refractivity contribution in [1.29, 1.82) is 0 Å². The fourth-order valence-electron chi connectivity index (χ4n) is 1.86. The Labute approximate surface area is 110 Å². The highest BCUT2D eigenvalue weighted by Gasteiger charge is 2.15. The fraction of sp³-hybridized carbons (Fsp3) is 0.538. The van der Waals surface area contributed by atoms with E-state index in [0.717, 1.165) is 35.2 Å². The largest absolute Gasteiger partial charge is 0.497 e. The Morgan fingerprint density at radius 1 is 1.47 bits per heavy atom. The standard InChI is InChI=1S/C13H17BrO3/c1-15-11-4-5-13(14)10(7-11)8-16-9-12-3-2-6-17-12/h4-5,7,12H,2-3,6,8-9H2,1H3. The molecule has 0 spiro atoms. The molecule has 0 aromatic heterocycles. The molecular weight excluding hydrogens is 284 g/mol. The van der Waals surface area contributed by atoms with E-state index >= 15 is 0 Å². The average molecular weight is 301 g/mol. The van der Waals surface area contributed by atoms with Crippen LogP contribution >= 0.6 is 15.9 Å². The van der Waals surface area contributed by atoms with E-state index in [4.69, 9.17) is 14.2 Å². The van der Waals surface area contributed by atoms with Crippen LogP contribution in [0, 0.1) is 0 Å². The molecule has 1 aliphatic rings. The molecule has 0 N–H and O–H groups in total. The molecule has 1 unspecified atom stereocenters. The second kappa shape index (κ2) is 6.38. The minimum Gasteiger partial charge on any atom is -0.497 e. The molecule has 0 amide bonds. The van der Waals surface area contributed by atoms with Crippen molar-refractivity contribution in [3.63, 3.8) is 0 Å². The second-order valence-corrected chi connectivity index (χ2v) is 4.96. The number of rotatable bonds is 5. The maximum Gasteiger partial charge on any atom is 0.119 e. The Kier molecular flexibility index (Phi) is 4.83. The highest BCUT2D eigenvalue weighted by Crippen LogP contribution is 2.23. The molecule has 1 fully saturated rings. The molecule has 0 bridgehead atoms. The van der Waals surface area contributed by atoms with E-state index in [1.807, 2.05) is 18.2 Å². The molecule has 0 saturated carbocycles. The van der Waals surface area contributed by atoms with Crippen LogP contribution in [0.1, 0.15) is 18.4 Å². The van der Waals surface area contributed by atoms with E-state index < -0.39 is 0 Å². The van der Waals surface area contributed by atoms with Crippen molar-refractivity contribution in [3.05, 3.63) is 28.2 Å². The van der Waals surface area contributed by atoms with Crippen LogP contribution in [-0.4, -0.2) is 26.4 Å². The van der Waals surface area contributed by atoms with E-state index in [9.17, 15) is 0 Å². The number of hydrogen-bond donors (Lipinski definition) is 0. The third-order valence-corrected chi connectivity index (χ3v) is 3.61. The Bertz CT molecular complexity index is 362. The topological polar surface area (TPSA) is 27.7 Å². The fourth-order valence-corrected chi connectivity index (χ4v) is 2.23. The van der Waals surface area contributed by atoms with Crippen LogP contribution in [0.5, 0.6) is 5.75 Å². The van der Waals surface area contributed by atoms with Gasteiger partial charge in [0.05, 0.1) is 26.4 Å². The van der Waals surface area contributed by atoms with Crippen LogP contribution in [0.2, 0.25) is 0 Å². The summed E-state index contributed by atoms with van der Waals surface area (Å²) in [5, 5.41) is 0. The third-order valence-electron chi connectivity index (χ3n) is 2.84. The van der Waals surface area contributed by atoms with Gasteiger partial charge in [-0.25, -0.2) is 0 Å². The van der Waals surface area contributed by atoms with Crippen molar-refractivity contribution in [1.82, 2.24) is 0 Å². The number of benzene rings is 1. The molecule has 3 nitrogen and oxygen atoms in total. The van der Waals surface area contributed by atoms with Crippen molar-refractivity contribution < 1.29 is 14.2 Å². The predicted molar refractivity (Wildman–Crippen MR) is 69.3 cm³/mol. The van der Waals surface area contributed by atoms with Crippen LogP contribution in [0.25, 0.3) is 0 Å². The van der Waals surface area contributed by atoms with Crippen molar-refractivity contribution >= 4 is 15.9 Å². The lowest BCUT2D eigenvalue weighted by molar-refractivity contribution is 0.0104. The molecule has 2 rings (SSSR count). The summed E-state index contributed by atoms with van der Waals surface area (Å²) in [6, 6.07) is 5.89. The van der Waals surface area contributed by atoms with Gasteiger partial charge < -0.3 is 14.2 Å². The Hall–Kier alpha value is -0.580. The summed E-state index contributed by atoms with van der Waals surface area (Å²) < 4.78 is 17.4. The van der Waals surface area contributed by atoms with Crippen LogP contribution < -0.4 is 4.74 Å². The van der Waals surface area contributed by atoms with E-state index in [1.165, 1.54) is 0 Å². The van der Waals surface area contributed by atoms with Gasteiger partial charge in [0.15, 0.2) is 0 Å². The van der Waals surface area contributed by atoms with Gasteiger partial charge in [0.2, 0.25) is 0 Å². The number of ether oxygens (including phenoxy) is 3. The van der Waals surface area contributed by atoms with Gasteiger partial charge in [0.1, 0.15) is 5.75 Å². The lowest BCUT2D eigenvalue weighted by Crippen LogP contribution is -2.13. The van der Waals surface area contributed by atoms with Crippen molar-refractivity contribution in [2.75, 3.05) is 20.3 Å². The Morgan fingerprint density at radius 2 is 2.35 bits per heavy atom. The van der Waals surface area contributed by atoms with Crippen molar-refractivity contribution in [2.45, 2.75) is 25.6 Å². The number of methoxy groups -OCH3 is 1. The zero-order chi connectivity index (χ0) is 12.1. The first-order chi connectivity index (χ1) is 8.29. The molecule has 1 aromatic rings. The zero-order valence-electron chi connectivity index (χ0n) is 9.95. The first-order valence-electron chi connectivity index (χ1n) is 5.81. The molecule has 1 atom stereocenters. The van der Waals surface area contributed by atoms with Gasteiger partial charge in [-0.2, -0.15) is 0 Å². The molecule has 4 heteroatoms. The summed E-state index contributed by atoms with van der Waals surface area (Å²) in [5.74, 6) is 0.851. The van der Waals surface area contributed by atoms with Crippen molar-refractivity contribution in [3.8, 4) is 5.75 Å². The molecule has 1 aromatic carbocycles. The summed E-state index contributed by atoms with van der Waals surface area (Å²) in [7, 11) is 1.67. The third kappa shape index (κ3) is 3.69. The summed E-state index contributed by atoms with van der Waals surface area (Å²) in [5.41, 5.74) is 1.10. The van der Waals surface area contributed by atoms with E-state index in [-0.39, 0.29) is 6.10 Å². The van der Waals surface area contributed by atoms with E-state index in [0.29, 0.717) is 13.2 Å². The minimum atomic E-state index is 0.277. The first kappa shape index (κ1) is 12.9. The SMILES string of the molecule is COc1ccc(Br)c(COCC2CCCO2)c1. The van der Waals surface area contributed by atoms with Gasteiger partial charge in [-0.1, -0.05) is 15.9 Å². The molecule has 1 heterocycles. The smallest absolute Gasteiger partial charge is 0.119 e. The summed E-state index contributed by atoms with van der Waals surface area (Å²) >= 11 is 3.51. The van der Waals surface area contributed by atoms with Crippen LogP contribution in [0.4, 0.5) is 0 Å². The average Bonchev–Trinajstić information content (AvgIpc) is 2.84. The predicted octanol–water partition coefficient (Wildman–Crippen LogP) is 3.15. The zero-order valence-corrected chi connectivity index (χ0v) is 11.5. The highest BCUT2D eigenvalue weighted by molar-refractivity contribution is 9.10. The lowest BCUT2D eigenvalue weighted by atomic mass is 10.2. The monoisotopic (exact) mass is 300 g/mol. The molecule has 1 saturated heterocycles. The van der Waals surface area contributed by atoms with Gasteiger partial charge in [0, 0.05) is 11.1 Å². The van der Waals surface area contributed by atoms with Gasteiger partial charge in [0.25, 0.3) is 0 Å². The van der Waals surface area contributed by atoms with Crippen molar-refractivity contribution in [2.24, 2.45) is 0 Å². The quantitative estimate of drug-likeness (QED) is 0.836. The summed E-state index contributed by atoms with van der Waals surface area (Å²) in [4.78, 5) is 0. The minimum absolute atomic E-state index is 0.277. The summed E-state index contributed by atoms with van der Waals surface area (Å²) in [6.07, 6.45) is 2.54. The number of halogens is 1. The van der Waals surface area contributed by atoms with Crippen LogP contribution in [-0.2, 0) is 16.1 Å². The Balaban J connectivity index is 1.84. The van der Waals surface area contributed by atoms with Crippen LogP contribution in [0.3, 0.4) is 0 Å². The van der Waals surface area contributed by atoms with Crippen LogP contribution in [0.15, 0.2) is 22.7 Å². The maximum absolute atomic E-state index is 5.67. The van der Waals surface area contributed by atoms with E-state index in [2.05, 4.69) is 15.9 Å². The molecule has 17 heavy (non-hydrogen) atoms. The molecule has 94 valence electrons. The second-order valence-electron chi connectivity index (χ2n) is 4.11. The number of hydrogen-bond acceptors (Lipinski definition) is 3. The Morgan fingerprint density at radius 3 is 3.06 bits per heavy atom. The van der Waals surface area contributed by atoms with Gasteiger partial charge >= 0.3 is 0 Å². The first-order valence-corrected chi connectivity index (χ1v) is 6.60. The van der Waals surface area contributed by atoms with E-state index in [1.54, 1.807) is 7.11 Å². The van der Waals surface area contributed by atoms with Gasteiger partial charge in [-0.15, -0.1) is 0 Å². The lowest BCUT2D eigenvalue weighted by Gasteiger charge is -2.11. The molecule has 0 aliphatic carbocycles. The molecule has 0 radical (unpaired) electrons. The van der Waals surface area contributed by atoms with Gasteiger partial charge in [-0.05, 0) is 36.6 Å². The summed E-state index contributed by atoms with van der Waals surface area (Å²) in [6.45, 7) is 2.12. The van der Waals surface area contributed by atoms with Gasteiger partial charge in [-0.3, -0.25) is 0 Å². The molecule has 1 aliphatic heterocycles. The normalized spacial score (nSPS) is 19.5. The maximum atomic E-state index is 5.67.